The number of piperazine rings is 1. The van der Waals surface area contributed by atoms with Crippen LogP contribution < -0.4 is 15.5 Å². The van der Waals surface area contributed by atoms with Crippen molar-refractivity contribution in [2.75, 3.05) is 58.8 Å². The summed E-state index contributed by atoms with van der Waals surface area (Å²) in [6.45, 7) is 4.34. The number of anilines is 1. The van der Waals surface area contributed by atoms with Gasteiger partial charge in [-0.15, -0.1) is 0 Å². The second kappa shape index (κ2) is 10.3. The van der Waals surface area contributed by atoms with Crippen LogP contribution in [0.2, 0.25) is 0 Å². The molecule has 0 radical (unpaired) electrons. The summed E-state index contributed by atoms with van der Waals surface area (Å²) < 4.78 is 5.17. The number of amides is 2. The maximum absolute atomic E-state index is 12.3. The van der Waals surface area contributed by atoms with E-state index in [1.54, 1.807) is 12.1 Å². The largest absolute Gasteiger partial charge is 0.467 e. The summed E-state index contributed by atoms with van der Waals surface area (Å²) in [4.78, 5) is 31.2. The maximum atomic E-state index is 12.3. The van der Waals surface area contributed by atoms with Crippen LogP contribution in [0.1, 0.15) is 17.4 Å². The van der Waals surface area contributed by atoms with Crippen molar-refractivity contribution in [2.45, 2.75) is 12.6 Å². The predicted octanol–water partition coefficient (Wildman–Crippen LogP) is 1.07. The fourth-order valence-corrected chi connectivity index (χ4v) is 3.52. The van der Waals surface area contributed by atoms with Gasteiger partial charge in [-0.2, -0.15) is 0 Å². The average Bonchev–Trinajstić information content (AvgIpc) is 3.27. The van der Waals surface area contributed by atoms with E-state index in [0.29, 0.717) is 12.3 Å². The highest BCUT2D eigenvalue weighted by molar-refractivity contribution is 6.35. The summed E-state index contributed by atoms with van der Waals surface area (Å²) in [6.07, 6.45) is 1.53. The molecule has 0 spiro atoms. The van der Waals surface area contributed by atoms with Crippen molar-refractivity contribution in [3.05, 3.63) is 54.0 Å². The minimum Gasteiger partial charge on any atom is -0.467 e. The molecule has 1 atom stereocenters. The molecule has 162 valence electrons. The second-order valence-electron chi connectivity index (χ2n) is 7.81. The van der Waals surface area contributed by atoms with Gasteiger partial charge in [0.1, 0.15) is 5.76 Å². The molecule has 2 heterocycles. The highest BCUT2D eigenvalue weighted by Gasteiger charge is 2.25. The number of nitrogens with one attached hydrogen (secondary N) is 2. The van der Waals surface area contributed by atoms with Crippen LogP contribution in [0.25, 0.3) is 0 Å². The fraction of sp³-hybridized carbons (Fsp3) is 0.455. The highest BCUT2D eigenvalue weighted by atomic mass is 16.3. The van der Waals surface area contributed by atoms with Crippen molar-refractivity contribution >= 4 is 17.5 Å². The van der Waals surface area contributed by atoms with E-state index >= 15 is 0 Å². The number of furan rings is 1. The molecular weight excluding hydrogens is 382 g/mol. The van der Waals surface area contributed by atoms with Crippen molar-refractivity contribution in [1.82, 2.24) is 20.4 Å². The predicted molar refractivity (Wildman–Crippen MR) is 116 cm³/mol. The van der Waals surface area contributed by atoms with Crippen LogP contribution in [0.15, 0.2) is 47.1 Å². The van der Waals surface area contributed by atoms with Crippen molar-refractivity contribution in [3.63, 3.8) is 0 Å². The summed E-state index contributed by atoms with van der Waals surface area (Å²) in [5.41, 5.74) is 2.25. The van der Waals surface area contributed by atoms with Crippen molar-refractivity contribution in [2.24, 2.45) is 0 Å². The molecule has 2 N–H and O–H groups in total. The van der Waals surface area contributed by atoms with Crippen LogP contribution in [0.4, 0.5) is 5.69 Å². The SMILES string of the molecule is CN1CCN(C(CNC(=O)C(=O)NCc2ccco2)c2ccc(N(C)C)cc2)CC1. The zero-order valence-electron chi connectivity index (χ0n) is 17.9. The second-order valence-corrected chi connectivity index (χ2v) is 7.81. The zero-order chi connectivity index (χ0) is 21.5. The molecule has 3 rings (SSSR count). The van der Waals surface area contributed by atoms with Gasteiger partial charge in [-0.3, -0.25) is 14.5 Å². The Kier molecular flexibility index (Phi) is 7.48. The van der Waals surface area contributed by atoms with Gasteiger partial charge in [-0.05, 0) is 36.9 Å². The topological polar surface area (TPSA) is 81.1 Å². The van der Waals surface area contributed by atoms with E-state index in [4.69, 9.17) is 4.42 Å². The molecular formula is C22H31N5O3. The lowest BCUT2D eigenvalue weighted by Gasteiger charge is -2.38. The van der Waals surface area contributed by atoms with E-state index in [2.05, 4.69) is 56.6 Å². The third-order valence-corrected chi connectivity index (χ3v) is 5.44. The number of carbonyl (C=O) groups is 2. The van der Waals surface area contributed by atoms with Gasteiger partial charge in [0.2, 0.25) is 0 Å². The molecule has 2 amide bonds. The molecule has 8 nitrogen and oxygen atoms in total. The lowest BCUT2D eigenvalue weighted by atomic mass is 10.0. The lowest BCUT2D eigenvalue weighted by Crippen LogP contribution is -2.49. The Bertz CT molecular complexity index is 812. The number of nitrogens with zero attached hydrogens (tertiary/aromatic N) is 3. The van der Waals surface area contributed by atoms with Gasteiger partial charge < -0.3 is 24.9 Å². The molecule has 0 saturated carbocycles. The number of rotatable bonds is 7. The van der Waals surface area contributed by atoms with E-state index in [1.165, 1.54) is 6.26 Å². The van der Waals surface area contributed by atoms with Crippen LogP contribution in [0.5, 0.6) is 0 Å². The summed E-state index contributed by atoms with van der Waals surface area (Å²) >= 11 is 0. The molecule has 0 bridgehead atoms. The molecule has 1 fully saturated rings. The number of hydrogen-bond acceptors (Lipinski definition) is 6. The van der Waals surface area contributed by atoms with E-state index in [0.717, 1.165) is 37.4 Å². The van der Waals surface area contributed by atoms with Crippen molar-refractivity contribution in [3.8, 4) is 0 Å². The minimum atomic E-state index is -0.661. The summed E-state index contributed by atoms with van der Waals surface area (Å²) in [7, 11) is 6.13. The van der Waals surface area contributed by atoms with Crippen molar-refractivity contribution < 1.29 is 14.0 Å². The number of benzene rings is 1. The molecule has 1 aliphatic rings. The van der Waals surface area contributed by atoms with Gasteiger partial charge in [-0.25, -0.2) is 0 Å². The molecule has 0 aliphatic carbocycles. The maximum Gasteiger partial charge on any atom is 0.309 e. The summed E-state index contributed by atoms with van der Waals surface area (Å²) in [6, 6.07) is 11.9. The van der Waals surface area contributed by atoms with Crippen molar-refractivity contribution in [1.29, 1.82) is 0 Å². The van der Waals surface area contributed by atoms with Gasteiger partial charge in [-0.1, -0.05) is 12.1 Å². The van der Waals surface area contributed by atoms with Crippen LogP contribution >= 0.6 is 0 Å². The van der Waals surface area contributed by atoms with E-state index in [-0.39, 0.29) is 12.6 Å². The Morgan fingerprint density at radius 3 is 2.30 bits per heavy atom. The molecule has 1 unspecified atom stereocenters. The van der Waals surface area contributed by atoms with Gasteiger partial charge >= 0.3 is 11.8 Å². The Hall–Kier alpha value is -2.84. The minimum absolute atomic E-state index is 0.0109. The number of likely N-dealkylation sites (N-methyl/N-ethyl adjacent to an activating group) is 1. The standard InChI is InChI=1S/C22H31N5O3/c1-25(2)18-8-6-17(7-9-18)20(27-12-10-26(3)11-13-27)16-24-22(29)21(28)23-15-19-5-4-14-30-19/h4-9,14,20H,10-13,15-16H2,1-3H3,(H,23,28)(H,24,29). The Morgan fingerprint density at radius 2 is 1.70 bits per heavy atom. The van der Waals surface area contributed by atoms with Gasteiger partial charge in [0.25, 0.3) is 0 Å². The molecule has 1 aliphatic heterocycles. The molecule has 2 aromatic rings. The molecule has 30 heavy (non-hydrogen) atoms. The highest BCUT2D eigenvalue weighted by Crippen LogP contribution is 2.24. The Balaban J connectivity index is 1.62. The zero-order valence-corrected chi connectivity index (χ0v) is 17.9. The number of hydrogen-bond donors (Lipinski definition) is 2. The number of carbonyl (C=O) groups excluding carboxylic acids is 2. The molecule has 1 aromatic carbocycles. The molecule has 8 heteroatoms. The van der Waals surface area contributed by atoms with Crippen LogP contribution in [0, 0.1) is 0 Å². The first-order valence-electron chi connectivity index (χ1n) is 10.2. The van der Waals surface area contributed by atoms with E-state index in [1.807, 2.05) is 14.1 Å². The third kappa shape index (κ3) is 5.84. The quantitative estimate of drug-likeness (QED) is 0.661. The van der Waals surface area contributed by atoms with Crippen LogP contribution in [-0.2, 0) is 16.1 Å². The molecule has 1 aromatic heterocycles. The smallest absolute Gasteiger partial charge is 0.309 e. The summed E-state index contributed by atoms with van der Waals surface area (Å²) in [5.74, 6) is -0.690. The molecule has 1 saturated heterocycles. The first-order chi connectivity index (χ1) is 14.4. The fourth-order valence-electron chi connectivity index (χ4n) is 3.52. The third-order valence-electron chi connectivity index (χ3n) is 5.44. The van der Waals surface area contributed by atoms with Gasteiger partial charge in [0.15, 0.2) is 0 Å². The average molecular weight is 414 g/mol. The normalized spacial score (nSPS) is 16.1. The lowest BCUT2D eigenvalue weighted by molar-refractivity contribution is -0.139. The van der Waals surface area contributed by atoms with Crippen LogP contribution in [-0.4, -0.2) is 75.5 Å². The summed E-state index contributed by atoms with van der Waals surface area (Å²) in [5, 5.41) is 5.39. The Morgan fingerprint density at radius 1 is 1.03 bits per heavy atom. The van der Waals surface area contributed by atoms with Gasteiger partial charge in [0, 0.05) is 52.5 Å². The van der Waals surface area contributed by atoms with Crippen LogP contribution in [0.3, 0.4) is 0 Å². The Labute approximate surface area is 177 Å². The van der Waals surface area contributed by atoms with E-state index < -0.39 is 11.8 Å². The first-order valence-corrected chi connectivity index (χ1v) is 10.2. The van der Waals surface area contributed by atoms with E-state index in [9.17, 15) is 9.59 Å². The monoisotopic (exact) mass is 413 g/mol. The first kappa shape index (κ1) is 21.9. The van der Waals surface area contributed by atoms with Gasteiger partial charge in [0.05, 0.1) is 18.8 Å².